The molecule has 0 aliphatic carbocycles. The van der Waals surface area contributed by atoms with Gasteiger partial charge in [0.15, 0.2) is 11.5 Å². The SMILES string of the molecule is CC(C)c1nc(NCc2nnc3ccccn23)nc(N(C)C)n1. The average Bonchev–Trinajstić information content (AvgIpc) is 2.95. The lowest BCUT2D eigenvalue weighted by Gasteiger charge is -2.14. The van der Waals surface area contributed by atoms with Crippen molar-refractivity contribution in [2.75, 3.05) is 24.3 Å². The Morgan fingerprint density at radius 2 is 1.96 bits per heavy atom. The third-order valence-electron chi connectivity index (χ3n) is 3.35. The minimum absolute atomic E-state index is 0.228. The molecule has 3 rings (SSSR count). The Morgan fingerprint density at radius 3 is 2.70 bits per heavy atom. The summed E-state index contributed by atoms with van der Waals surface area (Å²) in [4.78, 5) is 15.2. The third kappa shape index (κ3) is 3.20. The lowest BCUT2D eigenvalue weighted by Crippen LogP contribution is -2.17. The lowest BCUT2D eigenvalue weighted by atomic mass is 10.2. The van der Waals surface area contributed by atoms with Crippen LogP contribution in [-0.2, 0) is 6.54 Å². The molecule has 1 N–H and O–H groups in total. The zero-order valence-corrected chi connectivity index (χ0v) is 13.7. The number of nitrogens with zero attached hydrogens (tertiary/aromatic N) is 7. The molecule has 0 aromatic carbocycles. The van der Waals surface area contributed by atoms with E-state index in [1.807, 2.05) is 47.8 Å². The van der Waals surface area contributed by atoms with Crippen molar-refractivity contribution in [3.8, 4) is 0 Å². The summed E-state index contributed by atoms with van der Waals surface area (Å²) < 4.78 is 1.93. The molecule has 8 nitrogen and oxygen atoms in total. The molecule has 0 amide bonds. The van der Waals surface area contributed by atoms with Crippen molar-refractivity contribution in [2.45, 2.75) is 26.3 Å². The zero-order valence-electron chi connectivity index (χ0n) is 13.7. The van der Waals surface area contributed by atoms with Crippen molar-refractivity contribution in [3.63, 3.8) is 0 Å². The normalized spacial score (nSPS) is 11.2. The van der Waals surface area contributed by atoms with E-state index in [-0.39, 0.29) is 5.92 Å². The number of aromatic nitrogens is 6. The highest BCUT2D eigenvalue weighted by molar-refractivity contribution is 5.39. The number of nitrogens with one attached hydrogen (secondary N) is 1. The average molecular weight is 312 g/mol. The van der Waals surface area contributed by atoms with Gasteiger partial charge in [0.25, 0.3) is 0 Å². The summed E-state index contributed by atoms with van der Waals surface area (Å²) >= 11 is 0. The summed E-state index contributed by atoms with van der Waals surface area (Å²) in [6.07, 6.45) is 1.94. The van der Waals surface area contributed by atoms with Gasteiger partial charge in [-0.2, -0.15) is 15.0 Å². The first kappa shape index (κ1) is 15.1. The van der Waals surface area contributed by atoms with E-state index < -0.39 is 0 Å². The van der Waals surface area contributed by atoms with Crippen LogP contribution in [-0.4, -0.2) is 43.6 Å². The van der Waals surface area contributed by atoms with Crippen molar-refractivity contribution in [2.24, 2.45) is 0 Å². The number of hydrogen-bond donors (Lipinski definition) is 1. The van der Waals surface area contributed by atoms with Gasteiger partial charge >= 0.3 is 0 Å². The first-order chi connectivity index (χ1) is 11.0. The second-order valence-electron chi connectivity index (χ2n) is 5.76. The molecule has 0 saturated carbocycles. The standard InChI is InChI=1S/C15H20N8/c1-10(2)13-17-14(19-15(18-13)22(3)4)16-9-12-21-20-11-7-5-6-8-23(11)12/h5-8,10H,9H2,1-4H3,(H,16,17,18,19). The Hall–Kier alpha value is -2.77. The Labute approximate surface area is 134 Å². The minimum atomic E-state index is 0.228. The second kappa shape index (κ2) is 6.15. The molecule has 0 fully saturated rings. The summed E-state index contributed by atoms with van der Waals surface area (Å²) in [5, 5.41) is 11.5. The number of pyridine rings is 1. The highest BCUT2D eigenvalue weighted by atomic mass is 15.3. The molecule has 3 heterocycles. The van der Waals surface area contributed by atoms with Crippen LogP contribution in [0.1, 0.15) is 31.4 Å². The summed E-state index contributed by atoms with van der Waals surface area (Å²) in [5.41, 5.74) is 0.816. The maximum Gasteiger partial charge on any atom is 0.229 e. The van der Waals surface area contributed by atoms with Crippen molar-refractivity contribution >= 4 is 17.5 Å². The summed E-state index contributed by atoms with van der Waals surface area (Å²) in [6.45, 7) is 4.61. The van der Waals surface area contributed by atoms with Crippen LogP contribution in [0.3, 0.4) is 0 Å². The molecule has 0 unspecified atom stereocenters. The van der Waals surface area contributed by atoms with Gasteiger partial charge in [0.2, 0.25) is 11.9 Å². The van der Waals surface area contributed by atoms with Crippen molar-refractivity contribution in [3.05, 3.63) is 36.0 Å². The van der Waals surface area contributed by atoms with Crippen LogP contribution in [0.15, 0.2) is 24.4 Å². The van der Waals surface area contributed by atoms with E-state index in [2.05, 4.69) is 44.3 Å². The van der Waals surface area contributed by atoms with Gasteiger partial charge in [0.1, 0.15) is 5.82 Å². The van der Waals surface area contributed by atoms with E-state index in [1.165, 1.54) is 0 Å². The van der Waals surface area contributed by atoms with Crippen LogP contribution in [0.4, 0.5) is 11.9 Å². The fourth-order valence-corrected chi connectivity index (χ4v) is 2.09. The van der Waals surface area contributed by atoms with Gasteiger partial charge in [-0.25, -0.2) is 0 Å². The monoisotopic (exact) mass is 312 g/mol. The first-order valence-electron chi connectivity index (χ1n) is 7.50. The van der Waals surface area contributed by atoms with E-state index in [9.17, 15) is 0 Å². The molecular weight excluding hydrogens is 292 g/mol. The number of anilines is 2. The Bertz CT molecular complexity index is 782. The van der Waals surface area contributed by atoms with Crippen LogP contribution >= 0.6 is 0 Å². The predicted octanol–water partition coefficient (Wildman–Crippen LogP) is 1.72. The second-order valence-corrected chi connectivity index (χ2v) is 5.76. The number of hydrogen-bond acceptors (Lipinski definition) is 7. The summed E-state index contributed by atoms with van der Waals surface area (Å²) in [5.74, 6) is 2.97. The molecule has 0 radical (unpaired) electrons. The van der Waals surface area contributed by atoms with Gasteiger partial charge in [-0.15, -0.1) is 10.2 Å². The van der Waals surface area contributed by atoms with Crippen LogP contribution in [0.25, 0.3) is 5.65 Å². The van der Waals surface area contributed by atoms with E-state index in [0.717, 1.165) is 17.3 Å². The zero-order chi connectivity index (χ0) is 16.4. The van der Waals surface area contributed by atoms with Crippen LogP contribution < -0.4 is 10.2 Å². The van der Waals surface area contributed by atoms with E-state index in [1.54, 1.807) is 0 Å². The Kier molecular flexibility index (Phi) is 4.05. The molecule has 120 valence electrons. The molecule has 0 spiro atoms. The quantitative estimate of drug-likeness (QED) is 0.767. The molecule has 0 atom stereocenters. The smallest absolute Gasteiger partial charge is 0.229 e. The third-order valence-corrected chi connectivity index (χ3v) is 3.35. The van der Waals surface area contributed by atoms with Gasteiger partial charge in [0.05, 0.1) is 6.54 Å². The van der Waals surface area contributed by atoms with Gasteiger partial charge in [0, 0.05) is 26.2 Å². The largest absolute Gasteiger partial charge is 0.347 e. The maximum absolute atomic E-state index is 4.48. The molecule has 0 saturated heterocycles. The van der Waals surface area contributed by atoms with Gasteiger partial charge in [-0.1, -0.05) is 19.9 Å². The molecule has 0 bridgehead atoms. The molecule has 0 aliphatic rings. The highest BCUT2D eigenvalue weighted by Crippen LogP contribution is 2.15. The highest BCUT2D eigenvalue weighted by Gasteiger charge is 2.12. The van der Waals surface area contributed by atoms with Crippen molar-refractivity contribution in [1.29, 1.82) is 0 Å². The van der Waals surface area contributed by atoms with Crippen LogP contribution in [0.2, 0.25) is 0 Å². The molecule has 3 aromatic heterocycles. The fourth-order valence-electron chi connectivity index (χ4n) is 2.09. The minimum Gasteiger partial charge on any atom is -0.347 e. The molecule has 3 aromatic rings. The number of fused-ring (bicyclic) bond motifs is 1. The van der Waals surface area contributed by atoms with Gasteiger partial charge in [-0.05, 0) is 12.1 Å². The molecule has 8 heteroatoms. The topological polar surface area (TPSA) is 84.1 Å². The first-order valence-corrected chi connectivity index (χ1v) is 7.50. The fraction of sp³-hybridized carbons (Fsp3) is 0.400. The number of rotatable bonds is 5. The maximum atomic E-state index is 4.48. The Morgan fingerprint density at radius 1 is 1.13 bits per heavy atom. The van der Waals surface area contributed by atoms with E-state index in [4.69, 9.17) is 0 Å². The lowest BCUT2D eigenvalue weighted by molar-refractivity contribution is 0.752. The Balaban J connectivity index is 1.85. The van der Waals surface area contributed by atoms with Crippen LogP contribution in [0, 0.1) is 0 Å². The van der Waals surface area contributed by atoms with Crippen molar-refractivity contribution < 1.29 is 0 Å². The predicted molar refractivity (Wildman–Crippen MR) is 88.6 cm³/mol. The summed E-state index contributed by atoms with van der Waals surface area (Å²) in [6, 6.07) is 5.80. The molecule has 0 aliphatic heterocycles. The van der Waals surface area contributed by atoms with Gasteiger partial charge in [-0.3, -0.25) is 4.40 Å². The van der Waals surface area contributed by atoms with Gasteiger partial charge < -0.3 is 10.2 Å². The van der Waals surface area contributed by atoms with Crippen LogP contribution in [0.5, 0.6) is 0 Å². The molecule has 23 heavy (non-hydrogen) atoms. The van der Waals surface area contributed by atoms with Crippen molar-refractivity contribution in [1.82, 2.24) is 29.5 Å². The van der Waals surface area contributed by atoms with E-state index >= 15 is 0 Å². The summed E-state index contributed by atoms with van der Waals surface area (Å²) in [7, 11) is 3.82. The molecular formula is C15H20N8. The van der Waals surface area contributed by atoms with E-state index in [0.29, 0.717) is 18.4 Å².